The zero-order valence-corrected chi connectivity index (χ0v) is 24.5. The van der Waals surface area contributed by atoms with Crippen LogP contribution in [0.2, 0.25) is 0 Å². The van der Waals surface area contributed by atoms with Crippen LogP contribution in [-0.4, -0.2) is 146 Å². The van der Waals surface area contributed by atoms with Crippen LogP contribution in [0.5, 0.6) is 5.75 Å². The number of phenolic OH excluding ortho intramolecular Hbond substituents is 1. The van der Waals surface area contributed by atoms with Crippen molar-refractivity contribution >= 4 is 12.0 Å². The summed E-state index contributed by atoms with van der Waals surface area (Å²) in [5.41, 5.74) is -0.640. The molecule has 16 heteroatoms. The molecule has 0 amide bonds. The monoisotopic (exact) mass is 654 g/mol. The smallest absolute Gasteiger partial charge is 0.330 e. The van der Waals surface area contributed by atoms with Gasteiger partial charge in [0.1, 0.15) is 66.8 Å². The van der Waals surface area contributed by atoms with Crippen molar-refractivity contribution in [2.45, 2.75) is 92.4 Å². The van der Waals surface area contributed by atoms with Crippen molar-refractivity contribution in [3.8, 4) is 5.75 Å². The van der Waals surface area contributed by atoms with Crippen LogP contribution >= 0.6 is 0 Å². The summed E-state index contributed by atoms with van der Waals surface area (Å²) in [7, 11) is 0. The number of aromatic hydroxyl groups is 1. The van der Waals surface area contributed by atoms with E-state index in [1.807, 2.05) is 0 Å². The average molecular weight is 655 g/mol. The maximum Gasteiger partial charge on any atom is 0.330 e. The summed E-state index contributed by atoms with van der Waals surface area (Å²) >= 11 is 0. The molecular formula is C30H38O16. The summed E-state index contributed by atoms with van der Waals surface area (Å²) < 4.78 is 40.7. The van der Waals surface area contributed by atoms with Crippen LogP contribution in [0.3, 0.4) is 0 Å². The van der Waals surface area contributed by atoms with Gasteiger partial charge in [-0.05, 0) is 36.8 Å². The molecule has 1 aromatic carbocycles. The lowest BCUT2D eigenvalue weighted by Gasteiger charge is -2.44. The number of benzene rings is 1. The predicted octanol–water partition coefficient (Wildman–Crippen LogP) is -2.77. The van der Waals surface area contributed by atoms with Gasteiger partial charge in [-0.2, -0.15) is 0 Å². The molecule has 16 atom stereocenters. The molecule has 0 spiro atoms. The van der Waals surface area contributed by atoms with Gasteiger partial charge < -0.3 is 74.0 Å². The lowest BCUT2D eigenvalue weighted by Crippen LogP contribution is -2.60. The van der Waals surface area contributed by atoms with Crippen LogP contribution in [0.25, 0.3) is 6.08 Å². The Morgan fingerprint density at radius 1 is 0.891 bits per heavy atom. The SMILES string of the molecule is C[C@H]1O[C@@H](O[C@H]2C3C=CO[C@@H](O[C@@H]4O[C@H](CO)[C@@H](O)[C@H](O)[C@H]4O)C3[C@@]3(COC(=O)/C=C/c4ccc(O)cc4)O[C@@H]23)[C@@H](O)[C@H](O)[C@H]1O. The van der Waals surface area contributed by atoms with Crippen molar-refractivity contribution in [3.05, 3.63) is 48.2 Å². The highest BCUT2D eigenvalue weighted by Crippen LogP contribution is 2.61. The number of esters is 1. The van der Waals surface area contributed by atoms with E-state index in [1.54, 1.807) is 18.2 Å². The summed E-state index contributed by atoms with van der Waals surface area (Å²) in [6.07, 6.45) is -11.8. The Kier molecular flexibility index (Phi) is 9.43. The van der Waals surface area contributed by atoms with Crippen molar-refractivity contribution in [2.24, 2.45) is 11.8 Å². The van der Waals surface area contributed by atoms with Gasteiger partial charge in [0.25, 0.3) is 0 Å². The number of phenols is 1. The van der Waals surface area contributed by atoms with Crippen molar-refractivity contribution in [1.29, 1.82) is 0 Å². The fourth-order valence-corrected chi connectivity index (χ4v) is 6.55. The molecule has 8 N–H and O–H groups in total. The number of fused-ring (bicyclic) bond motifs is 3. The summed E-state index contributed by atoms with van der Waals surface area (Å²) in [6.45, 7) is 0.522. The molecule has 1 aromatic rings. The van der Waals surface area contributed by atoms with E-state index in [-0.39, 0.29) is 12.4 Å². The molecule has 3 saturated heterocycles. The maximum atomic E-state index is 12.7. The van der Waals surface area contributed by atoms with E-state index in [9.17, 15) is 45.6 Å². The standard InChI is InChI=1S/C30H38O16/c1-12-19(34)21(36)23(38)28(42-12)44-25-15-8-9-40-27(45-29-24(39)22(37)20(35)16(10-31)43-29)18(15)30(26(25)46-30)11-41-17(33)7-4-13-2-5-14(32)6-3-13/h2-9,12,15-16,18-29,31-32,34-39H,10-11H2,1H3/b7-4+/t12-,15?,16-,18?,19+,20-,21-,22+,23+,24-,25+,26+,27+,28+,29+,30-/m1/s1. The van der Waals surface area contributed by atoms with Crippen molar-refractivity contribution in [1.82, 2.24) is 0 Å². The largest absolute Gasteiger partial charge is 0.508 e. The van der Waals surface area contributed by atoms with Gasteiger partial charge in [-0.25, -0.2) is 4.79 Å². The quantitative estimate of drug-likeness (QED) is 0.0763. The molecule has 0 radical (unpaired) electrons. The number of hydrogen-bond acceptors (Lipinski definition) is 16. The average Bonchev–Trinajstić information content (AvgIpc) is 3.72. The van der Waals surface area contributed by atoms with Gasteiger partial charge in [0, 0.05) is 12.0 Å². The zero-order chi connectivity index (χ0) is 32.9. The van der Waals surface area contributed by atoms with Crippen molar-refractivity contribution < 1.29 is 78.8 Å². The van der Waals surface area contributed by atoms with E-state index >= 15 is 0 Å². The summed E-state index contributed by atoms with van der Waals surface area (Å²) in [5.74, 6) is -2.04. The Labute approximate surface area is 262 Å². The fourth-order valence-electron chi connectivity index (χ4n) is 6.55. The second-order valence-corrected chi connectivity index (χ2v) is 12.1. The van der Waals surface area contributed by atoms with Crippen LogP contribution < -0.4 is 0 Å². The third-order valence-corrected chi connectivity index (χ3v) is 9.20. The van der Waals surface area contributed by atoms with Gasteiger partial charge in [-0.3, -0.25) is 0 Å². The molecule has 0 aromatic heterocycles. The number of epoxide rings is 1. The molecule has 5 aliphatic rings. The summed E-state index contributed by atoms with van der Waals surface area (Å²) in [6, 6.07) is 6.13. The Bertz CT molecular complexity index is 1290. The highest BCUT2D eigenvalue weighted by molar-refractivity contribution is 5.87. The van der Waals surface area contributed by atoms with Gasteiger partial charge in [0.15, 0.2) is 12.6 Å². The molecule has 254 valence electrons. The molecule has 1 saturated carbocycles. The van der Waals surface area contributed by atoms with Crippen LogP contribution in [0.4, 0.5) is 0 Å². The van der Waals surface area contributed by atoms with Gasteiger partial charge in [0.05, 0.1) is 31.0 Å². The first-order valence-electron chi connectivity index (χ1n) is 14.9. The first kappa shape index (κ1) is 33.2. The number of aliphatic hydroxyl groups excluding tert-OH is 7. The number of rotatable bonds is 9. The minimum absolute atomic E-state index is 0.0684. The van der Waals surface area contributed by atoms with Crippen LogP contribution in [-0.2, 0) is 38.0 Å². The molecular weight excluding hydrogens is 616 g/mol. The Hall–Kier alpha value is -2.71. The third-order valence-electron chi connectivity index (χ3n) is 9.20. The molecule has 4 aliphatic heterocycles. The first-order chi connectivity index (χ1) is 21.9. The second-order valence-electron chi connectivity index (χ2n) is 12.1. The van der Waals surface area contributed by atoms with E-state index in [4.69, 9.17) is 33.2 Å². The van der Waals surface area contributed by atoms with Crippen molar-refractivity contribution in [2.75, 3.05) is 13.2 Å². The van der Waals surface area contributed by atoms with Crippen LogP contribution in [0.15, 0.2) is 42.7 Å². The Morgan fingerprint density at radius 3 is 2.26 bits per heavy atom. The topological polar surface area (TPSA) is 247 Å². The third kappa shape index (κ3) is 6.05. The van der Waals surface area contributed by atoms with E-state index in [2.05, 4.69) is 0 Å². The summed E-state index contributed by atoms with van der Waals surface area (Å²) in [4.78, 5) is 12.7. The number of carbonyl (C=O) groups excluding carboxylic acids is 1. The van der Waals surface area contributed by atoms with Crippen molar-refractivity contribution in [3.63, 3.8) is 0 Å². The number of ether oxygens (including phenoxy) is 7. The molecule has 46 heavy (non-hydrogen) atoms. The highest BCUT2D eigenvalue weighted by Gasteiger charge is 2.77. The number of aliphatic hydroxyl groups is 7. The van der Waals surface area contributed by atoms with Gasteiger partial charge in [-0.1, -0.05) is 12.1 Å². The van der Waals surface area contributed by atoms with Gasteiger partial charge in [0.2, 0.25) is 6.29 Å². The number of carbonyl (C=O) groups is 1. The molecule has 6 rings (SSSR count). The summed E-state index contributed by atoms with van der Waals surface area (Å²) in [5, 5.41) is 81.2. The Morgan fingerprint density at radius 2 is 1.57 bits per heavy atom. The zero-order valence-electron chi connectivity index (χ0n) is 24.5. The van der Waals surface area contributed by atoms with Gasteiger partial charge >= 0.3 is 5.97 Å². The Balaban J connectivity index is 1.22. The molecule has 4 heterocycles. The molecule has 16 nitrogen and oxygen atoms in total. The molecule has 4 fully saturated rings. The van der Waals surface area contributed by atoms with E-state index in [0.29, 0.717) is 5.56 Å². The lowest BCUT2D eigenvalue weighted by molar-refractivity contribution is -0.347. The molecule has 1 aliphatic carbocycles. The van der Waals surface area contributed by atoms with E-state index in [1.165, 1.54) is 37.5 Å². The van der Waals surface area contributed by atoms with Gasteiger partial charge in [-0.15, -0.1) is 0 Å². The normalized spacial score (nSPS) is 46.4. The van der Waals surface area contributed by atoms with E-state index < -0.39 is 110 Å². The first-order valence-corrected chi connectivity index (χ1v) is 14.9. The minimum Gasteiger partial charge on any atom is -0.508 e. The maximum absolute atomic E-state index is 12.7. The fraction of sp³-hybridized carbons (Fsp3) is 0.633. The van der Waals surface area contributed by atoms with Crippen LogP contribution in [0, 0.1) is 11.8 Å². The van der Waals surface area contributed by atoms with E-state index in [0.717, 1.165) is 0 Å². The van der Waals surface area contributed by atoms with Crippen LogP contribution in [0.1, 0.15) is 12.5 Å². The number of hydrogen-bond donors (Lipinski definition) is 8. The molecule has 2 unspecified atom stereocenters. The second kappa shape index (κ2) is 13.1. The molecule has 0 bridgehead atoms. The lowest BCUT2D eigenvalue weighted by atomic mass is 9.85. The highest BCUT2D eigenvalue weighted by atomic mass is 16.8. The minimum atomic E-state index is -1.73. The predicted molar refractivity (Wildman–Crippen MR) is 149 cm³/mol.